The van der Waals surface area contributed by atoms with Crippen LogP contribution in [0.15, 0.2) is 24.4 Å². The number of aryl methyl sites for hydroxylation is 2. The third-order valence-electron chi connectivity index (χ3n) is 4.80. The van der Waals surface area contributed by atoms with Crippen LogP contribution in [0.1, 0.15) is 30.2 Å². The summed E-state index contributed by atoms with van der Waals surface area (Å²) in [5, 5.41) is 7.50. The summed E-state index contributed by atoms with van der Waals surface area (Å²) in [6.07, 6.45) is 2.60. The van der Waals surface area contributed by atoms with Gasteiger partial charge in [0.2, 0.25) is 0 Å². The summed E-state index contributed by atoms with van der Waals surface area (Å²) in [5.74, 6) is 0. The standard InChI is InChI=1S/C19H26N4O2/c1-5-16-12-25-9-8-22(16)19(24)21-17-11-20-23(15(17)4)18-10-13(2)6-7-14(18)3/h6-7,10-11,16H,5,8-9,12H2,1-4H3,(H,21,24). The third-order valence-corrected chi connectivity index (χ3v) is 4.80. The molecule has 6 heteroatoms. The number of anilines is 1. The molecule has 3 rings (SSSR count). The van der Waals surface area contributed by atoms with E-state index in [0.717, 1.165) is 29.1 Å². The molecule has 6 nitrogen and oxygen atoms in total. The number of carbonyl (C=O) groups excluding carboxylic acids is 1. The molecule has 2 amide bonds. The topological polar surface area (TPSA) is 59.4 Å². The van der Waals surface area contributed by atoms with Crippen LogP contribution in [0, 0.1) is 20.8 Å². The highest BCUT2D eigenvalue weighted by Crippen LogP contribution is 2.23. The van der Waals surface area contributed by atoms with E-state index in [-0.39, 0.29) is 12.1 Å². The quantitative estimate of drug-likeness (QED) is 0.929. The van der Waals surface area contributed by atoms with Crippen LogP contribution in [0.4, 0.5) is 10.5 Å². The van der Waals surface area contributed by atoms with Crippen molar-refractivity contribution in [2.45, 2.75) is 40.2 Å². The highest BCUT2D eigenvalue weighted by atomic mass is 16.5. The van der Waals surface area contributed by atoms with Gasteiger partial charge in [0.25, 0.3) is 0 Å². The molecule has 134 valence electrons. The first-order valence-corrected chi connectivity index (χ1v) is 8.79. The lowest BCUT2D eigenvalue weighted by Crippen LogP contribution is -2.50. The zero-order chi connectivity index (χ0) is 18.0. The third kappa shape index (κ3) is 3.54. The molecule has 0 bridgehead atoms. The van der Waals surface area contributed by atoms with Crippen molar-refractivity contribution in [3.05, 3.63) is 41.2 Å². The number of ether oxygens (including phenoxy) is 1. The van der Waals surface area contributed by atoms with Crippen molar-refractivity contribution < 1.29 is 9.53 Å². The van der Waals surface area contributed by atoms with E-state index in [9.17, 15) is 4.79 Å². The zero-order valence-electron chi connectivity index (χ0n) is 15.4. The second-order valence-corrected chi connectivity index (χ2v) is 6.61. The van der Waals surface area contributed by atoms with Gasteiger partial charge in [-0.3, -0.25) is 0 Å². The van der Waals surface area contributed by atoms with Crippen molar-refractivity contribution >= 4 is 11.7 Å². The molecule has 1 N–H and O–H groups in total. The van der Waals surface area contributed by atoms with Gasteiger partial charge >= 0.3 is 6.03 Å². The van der Waals surface area contributed by atoms with Gasteiger partial charge in [0.1, 0.15) is 0 Å². The van der Waals surface area contributed by atoms with Crippen molar-refractivity contribution in [1.82, 2.24) is 14.7 Å². The van der Waals surface area contributed by atoms with Crippen LogP contribution in [-0.2, 0) is 4.74 Å². The van der Waals surface area contributed by atoms with Crippen molar-refractivity contribution in [3.8, 4) is 5.69 Å². The minimum atomic E-state index is -0.0845. The normalized spacial score (nSPS) is 17.6. The van der Waals surface area contributed by atoms with Gasteiger partial charge in [-0.1, -0.05) is 19.1 Å². The summed E-state index contributed by atoms with van der Waals surface area (Å²) in [5.41, 5.74) is 5.03. The Morgan fingerprint density at radius 3 is 2.92 bits per heavy atom. The van der Waals surface area contributed by atoms with E-state index in [1.54, 1.807) is 6.20 Å². The lowest BCUT2D eigenvalue weighted by atomic mass is 10.1. The molecule has 0 aliphatic carbocycles. The largest absolute Gasteiger partial charge is 0.377 e. The lowest BCUT2D eigenvalue weighted by Gasteiger charge is -2.34. The number of amides is 2. The number of hydrogen-bond acceptors (Lipinski definition) is 3. The van der Waals surface area contributed by atoms with Crippen LogP contribution in [0.25, 0.3) is 5.69 Å². The van der Waals surface area contributed by atoms with Gasteiger partial charge in [-0.15, -0.1) is 0 Å². The molecule has 1 aliphatic heterocycles. The van der Waals surface area contributed by atoms with E-state index in [1.807, 2.05) is 16.5 Å². The molecule has 1 saturated heterocycles. The Morgan fingerprint density at radius 1 is 1.36 bits per heavy atom. The Kier molecular flexibility index (Phi) is 5.08. The minimum Gasteiger partial charge on any atom is -0.377 e. The summed E-state index contributed by atoms with van der Waals surface area (Å²) < 4.78 is 7.36. The highest BCUT2D eigenvalue weighted by molar-refractivity contribution is 5.90. The maximum absolute atomic E-state index is 12.7. The van der Waals surface area contributed by atoms with Crippen LogP contribution < -0.4 is 5.32 Å². The summed E-state index contributed by atoms with van der Waals surface area (Å²) in [6.45, 7) is 9.98. The first kappa shape index (κ1) is 17.5. The van der Waals surface area contributed by atoms with Gasteiger partial charge in [-0.2, -0.15) is 5.10 Å². The minimum absolute atomic E-state index is 0.0845. The van der Waals surface area contributed by atoms with E-state index in [0.29, 0.717) is 19.8 Å². The molecule has 1 fully saturated rings. The maximum atomic E-state index is 12.7. The average molecular weight is 342 g/mol. The van der Waals surface area contributed by atoms with Crippen LogP contribution in [-0.4, -0.2) is 46.5 Å². The van der Waals surface area contributed by atoms with Gasteiger partial charge in [0.15, 0.2) is 0 Å². The van der Waals surface area contributed by atoms with Gasteiger partial charge in [-0.05, 0) is 44.4 Å². The van der Waals surface area contributed by atoms with E-state index >= 15 is 0 Å². The van der Waals surface area contributed by atoms with Crippen LogP contribution in [0.2, 0.25) is 0 Å². The lowest BCUT2D eigenvalue weighted by molar-refractivity contribution is 0.0144. The Hall–Kier alpha value is -2.34. The number of urea groups is 1. The number of nitrogens with zero attached hydrogens (tertiary/aromatic N) is 3. The van der Waals surface area contributed by atoms with Crippen LogP contribution >= 0.6 is 0 Å². The molecule has 0 radical (unpaired) electrons. The number of benzene rings is 1. The number of rotatable bonds is 3. The van der Waals surface area contributed by atoms with Crippen molar-refractivity contribution in [2.24, 2.45) is 0 Å². The number of nitrogens with one attached hydrogen (secondary N) is 1. The van der Waals surface area contributed by atoms with Gasteiger partial charge in [-0.25, -0.2) is 9.48 Å². The van der Waals surface area contributed by atoms with Gasteiger partial charge in [0, 0.05) is 6.54 Å². The predicted octanol–water partition coefficient (Wildman–Crippen LogP) is 3.44. The fourth-order valence-corrected chi connectivity index (χ4v) is 3.17. The Balaban J connectivity index is 1.81. The fraction of sp³-hybridized carbons (Fsp3) is 0.474. The second kappa shape index (κ2) is 7.27. The van der Waals surface area contributed by atoms with Crippen LogP contribution in [0.3, 0.4) is 0 Å². The summed E-state index contributed by atoms with van der Waals surface area (Å²) in [6, 6.07) is 6.32. The zero-order valence-corrected chi connectivity index (χ0v) is 15.4. The van der Waals surface area contributed by atoms with E-state index in [1.165, 1.54) is 5.56 Å². The maximum Gasteiger partial charge on any atom is 0.322 e. The molecule has 1 aromatic heterocycles. The summed E-state index contributed by atoms with van der Waals surface area (Å²) >= 11 is 0. The average Bonchev–Trinajstić information content (AvgIpc) is 2.97. The molecule has 1 unspecified atom stereocenters. The van der Waals surface area contributed by atoms with Crippen molar-refractivity contribution in [2.75, 3.05) is 25.1 Å². The molecule has 25 heavy (non-hydrogen) atoms. The summed E-state index contributed by atoms with van der Waals surface area (Å²) in [7, 11) is 0. The fourth-order valence-electron chi connectivity index (χ4n) is 3.17. The SMILES string of the molecule is CCC1COCCN1C(=O)Nc1cnn(-c2cc(C)ccc2C)c1C. The van der Waals surface area contributed by atoms with E-state index in [4.69, 9.17) is 4.74 Å². The molecule has 2 aromatic rings. The molecule has 1 atom stereocenters. The number of carbonyl (C=O) groups is 1. The number of hydrogen-bond donors (Lipinski definition) is 1. The second-order valence-electron chi connectivity index (χ2n) is 6.61. The molecule has 1 aromatic carbocycles. The highest BCUT2D eigenvalue weighted by Gasteiger charge is 2.26. The molecule has 2 heterocycles. The smallest absolute Gasteiger partial charge is 0.322 e. The van der Waals surface area contributed by atoms with Crippen molar-refractivity contribution in [3.63, 3.8) is 0 Å². The monoisotopic (exact) mass is 342 g/mol. The van der Waals surface area contributed by atoms with Gasteiger partial charge in [0.05, 0.1) is 42.5 Å². The summed E-state index contributed by atoms with van der Waals surface area (Å²) in [4.78, 5) is 14.5. The Labute approximate surface area is 148 Å². The molecular weight excluding hydrogens is 316 g/mol. The Bertz CT molecular complexity index is 769. The van der Waals surface area contributed by atoms with Gasteiger partial charge < -0.3 is 15.0 Å². The first-order valence-electron chi connectivity index (χ1n) is 8.79. The molecule has 1 aliphatic rings. The molecule has 0 spiro atoms. The van der Waals surface area contributed by atoms with E-state index in [2.05, 4.69) is 49.4 Å². The van der Waals surface area contributed by atoms with Crippen LogP contribution in [0.5, 0.6) is 0 Å². The van der Waals surface area contributed by atoms with E-state index < -0.39 is 0 Å². The number of aromatic nitrogens is 2. The van der Waals surface area contributed by atoms with Crippen molar-refractivity contribution in [1.29, 1.82) is 0 Å². The molecule has 0 saturated carbocycles. The predicted molar refractivity (Wildman–Crippen MR) is 98.4 cm³/mol. The molecular formula is C19H26N4O2. The first-order chi connectivity index (χ1) is 12.0. The number of morpholine rings is 1. The Morgan fingerprint density at radius 2 is 2.16 bits per heavy atom.